The van der Waals surface area contributed by atoms with Crippen LogP contribution in [0.4, 0.5) is 0 Å². The van der Waals surface area contributed by atoms with Crippen LogP contribution in [0.3, 0.4) is 0 Å². The number of hydrogen-bond donors (Lipinski definition) is 0. The first-order valence-corrected chi connectivity index (χ1v) is 6.07. The number of carbonyl (C=O) groups is 3. The number of carbonyl (C=O) groups excluding carboxylic acids is 3. The number of esters is 1. The van der Waals surface area contributed by atoms with Gasteiger partial charge in [-0.3, -0.25) is 9.59 Å². The first kappa shape index (κ1) is 17.0. The molecule has 0 aliphatic heterocycles. The van der Waals surface area contributed by atoms with Gasteiger partial charge < -0.3 is 19.4 Å². The van der Waals surface area contributed by atoms with Crippen molar-refractivity contribution < 1.29 is 29.0 Å². The van der Waals surface area contributed by atoms with Gasteiger partial charge in [-0.2, -0.15) is 0 Å². The summed E-state index contributed by atoms with van der Waals surface area (Å²) in [5.41, 5.74) is 8.72. The van der Waals surface area contributed by atoms with Gasteiger partial charge in [0, 0.05) is 23.0 Å². The predicted molar refractivity (Wildman–Crippen MR) is 70.8 cm³/mol. The molecule has 0 aromatic heterocycles. The molecule has 116 valence electrons. The number of benzene rings is 1. The summed E-state index contributed by atoms with van der Waals surface area (Å²) in [4.78, 5) is 35.5. The van der Waals surface area contributed by atoms with Crippen molar-refractivity contribution in [1.29, 1.82) is 0 Å². The first-order valence-electron chi connectivity index (χ1n) is 6.07. The van der Waals surface area contributed by atoms with Gasteiger partial charge in [0.05, 0.1) is 12.5 Å². The fourth-order valence-electron chi connectivity index (χ4n) is 1.51. The molecule has 1 aromatic carbocycles. The largest absolute Gasteiger partial charge is 0.546 e. The Morgan fingerprint density at radius 3 is 2.68 bits per heavy atom. The highest BCUT2D eigenvalue weighted by atomic mass is 16.5. The zero-order chi connectivity index (χ0) is 16.5. The van der Waals surface area contributed by atoms with Crippen molar-refractivity contribution in [3.8, 4) is 5.75 Å². The summed E-state index contributed by atoms with van der Waals surface area (Å²) < 4.78 is 9.82. The van der Waals surface area contributed by atoms with E-state index in [0.717, 1.165) is 0 Å². The van der Waals surface area contributed by atoms with Gasteiger partial charge >= 0.3 is 5.97 Å². The van der Waals surface area contributed by atoms with E-state index >= 15 is 0 Å². The Kier molecular flexibility index (Phi) is 6.39. The van der Waals surface area contributed by atoms with E-state index in [2.05, 4.69) is 10.0 Å². The second-order valence-electron chi connectivity index (χ2n) is 4.08. The van der Waals surface area contributed by atoms with Crippen LogP contribution in [0.15, 0.2) is 23.3 Å². The quantitative estimate of drug-likeness (QED) is 0.223. The smallest absolute Gasteiger partial charge is 0.302 e. The van der Waals surface area contributed by atoms with Gasteiger partial charge in [0.2, 0.25) is 0 Å². The number of ketones is 1. The molecule has 1 rings (SSSR count). The van der Waals surface area contributed by atoms with E-state index in [1.807, 2.05) is 0 Å². The SMILES string of the molecule is CC(=O)OCc1cc(C(=O)CN=[N+]=[N-])ccc1OCC(=O)[O-]. The number of carboxylic acid groups (broad SMARTS) is 1. The summed E-state index contributed by atoms with van der Waals surface area (Å²) in [5.74, 6) is -2.25. The Balaban J connectivity index is 3.01. The van der Waals surface area contributed by atoms with Gasteiger partial charge in [-0.1, -0.05) is 5.11 Å². The third-order valence-electron chi connectivity index (χ3n) is 2.44. The molecule has 0 unspecified atom stereocenters. The lowest BCUT2D eigenvalue weighted by atomic mass is 10.1. The van der Waals surface area contributed by atoms with E-state index in [9.17, 15) is 19.5 Å². The third kappa shape index (κ3) is 5.51. The van der Waals surface area contributed by atoms with E-state index in [1.54, 1.807) is 0 Å². The van der Waals surface area contributed by atoms with Crippen molar-refractivity contribution in [1.82, 2.24) is 0 Å². The molecule has 0 N–H and O–H groups in total. The van der Waals surface area contributed by atoms with E-state index in [-0.39, 0.29) is 24.5 Å². The number of nitrogens with zero attached hydrogens (tertiary/aromatic N) is 3. The van der Waals surface area contributed by atoms with Crippen molar-refractivity contribution in [3.05, 3.63) is 39.8 Å². The van der Waals surface area contributed by atoms with Crippen LogP contribution in [0, 0.1) is 0 Å². The molecule has 0 aliphatic rings. The maximum absolute atomic E-state index is 11.8. The van der Waals surface area contributed by atoms with E-state index in [4.69, 9.17) is 15.0 Å². The maximum Gasteiger partial charge on any atom is 0.302 e. The summed E-state index contributed by atoms with van der Waals surface area (Å²) in [5, 5.41) is 13.6. The second-order valence-corrected chi connectivity index (χ2v) is 4.08. The maximum atomic E-state index is 11.8. The Morgan fingerprint density at radius 1 is 1.36 bits per heavy atom. The highest BCUT2D eigenvalue weighted by molar-refractivity contribution is 5.98. The topological polar surface area (TPSA) is 141 Å². The minimum absolute atomic E-state index is 0.144. The molecular weight excluding hydrogens is 294 g/mol. The third-order valence-corrected chi connectivity index (χ3v) is 2.44. The Hall–Kier alpha value is -3.06. The summed E-state index contributed by atoms with van der Waals surface area (Å²) in [6.45, 7) is -0.0272. The first-order chi connectivity index (χ1) is 10.4. The minimum atomic E-state index is -1.41. The van der Waals surface area contributed by atoms with Crippen molar-refractivity contribution in [2.75, 3.05) is 13.2 Å². The molecule has 1 aromatic rings. The number of aliphatic carboxylic acids is 1. The summed E-state index contributed by atoms with van der Waals surface area (Å²) >= 11 is 0. The molecule has 0 atom stereocenters. The minimum Gasteiger partial charge on any atom is -0.546 e. The number of carboxylic acids is 1. The molecule has 22 heavy (non-hydrogen) atoms. The lowest BCUT2D eigenvalue weighted by Crippen LogP contribution is -2.29. The molecule has 9 nitrogen and oxygen atoms in total. The molecule has 0 aliphatic carbocycles. The van der Waals surface area contributed by atoms with E-state index in [1.165, 1.54) is 25.1 Å². The van der Waals surface area contributed by atoms with Crippen LogP contribution in [0.5, 0.6) is 5.75 Å². The molecule has 0 fully saturated rings. The summed E-state index contributed by atoms with van der Waals surface area (Å²) in [7, 11) is 0. The van der Waals surface area contributed by atoms with Crippen LogP contribution in [-0.2, 0) is 20.9 Å². The number of Topliss-reactive ketones (excluding diaryl/α,β-unsaturated/α-hetero) is 1. The van der Waals surface area contributed by atoms with Crippen LogP contribution in [-0.4, -0.2) is 30.9 Å². The standard InChI is InChI=1S/C13H13N3O6/c1-8(17)21-6-10-4-9(11(18)5-15-16-14)2-3-12(10)22-7-13(19)20/h2-4H,5-7H2,1H3,(H,19,20)/p-1. The van der Waals surface area contributed by atoms with Crippen molar-refractivity contribution in [2.45, 2.75) is 13.5 Å². The molecule has 0 amide bonds. The highest BCUT2D eigenvalue weighted by Crippen LogP contribution is 2.22. The van der Waals surface area contributed by atoms with Gasteiger partial charge in [-0.25, -0.2) is 0 Å². The van der Waals surface area contributed by atoms with Crippen LogP contribution in [0.25, 0.3) is 10.4 Å². The van der Waals surface area contributed by atoms with Crippen LogP contribution in [0.1, 0.15) is 22.8 Å². The number of ether oxygens (including phenoxy) is 2. The van der Waals surface area contributed by atoms with E-state index < -0.39 is 24.3 Å². The second kappa shape index (κ2) is 8.28. The van der Waals surface area contributed by atoms with Crippen molar-refractivity contribution in [2.24, 2.45) is 5.11 Å². The number of rotatable bonds is 8. The fourth-order valence-corrected chi connectivity index (χ4v) is 1.51. The zero-order valence-corrected chi connectivity index (χ0v) is 11.6. The van der Waals surface area contributed by atoms with E-state index in [0.29, 0.717) is 5.56 Å². The molecule has 0 saturated heterocycles. The normalized spacial score (nSPS) is 9.50. The van der Waals surface area contributed by atoms with Crippen LogP contribution >= 0.6 is 0 Å². The van der Waals surface area contributed by atoms with Gasteiger partial charge in [0.25, 0.3) is 0 Å². The molecule has 0 heterocycles. The van der Waals surface area contributed by atoms with Crippen LogP contribution < -0.4 is 9.84 Å². The van der Waals surface area contributed by atoms with Gasteiger partial charge in [0.15, 0.2) is 5.78 Å². The average Bonchev–Trinajstić information content (AvgIpc) is 2.48. The van der Waals surface area contributed by atoms with Gasteiger partial charge in [-0.15, -0.1) is 0 Å². The Bertz CT molecular complexity index is 637. The highest BCUT2D eigenvalue weighted by Gasteiger charge is 2.11. The lowest BCUT2D eigenvalue weighted by Gasteiger charge is -2.13. The monoisotopic (exact) mass is 306 g/mol. The molecule has 9 heteroatoms. The Morgan fingerprint density at radius 2 is 2.09 bits per heavy atom. The van der Waals surface area contributed by atoms with Crippen molar-refractivity contribution >= 4 is 17.7 Å². The van der Waals surface area contributed by atoms with Crippen molar-refractivity contribution in [3.63, 3.8) is 0 Å². The molecule has 0 radical (unpaired) electrons. The predicted octanol–water partition coefficient (Wildman–Crippen LogP) is 0.371. The number of azide groups is 1. The zero-order valence-electron chi connectivity index (χ0n) is 11.6. The molecule has 0 bridgehead atoms. The Labute approximate surface area is 125 Å². The van der Waals surface area contributed by atoms with Crippen LogP contribution in [0.2, 0.25) is 0 Å². The average molecular weight is 306 g/mol. The van der Waals surface area contributed by atoms with Gasteiger partial charge in [0.1, 0.15) is 19.0 Å². The fraction of sp³-hybridized carbons (Fsp3) is 0.308. The summed E-state index contributed by atoms with van der Waals surface area (Å²) in [6, 6.07) is 4.13. The summed E-state index contributed by atoms with van der Waals surface area (Å²) in [6.07, 6.45) is 0. The number of hydrogen-bond acceptors (Lipinski definition) is 7. The lowest BCUT2D eigenvalue weighted by molar-refractivity contribution is -0.307. The molecule has 0 spiro atoms. The molecular formula is C13H12N3O6-. The van der Waals surface area contributed by atoms with Gasteiger partial charge in [-0.05, 0) is 23.7 Å². The molecule has 0 saturated carbocycles.